The first-order valence-electron chi connectivity index (χ1n) is 25.2. The third kappa shape index (κ3) is 12.3. The Kier molecular flexibility index (Phi) is 18.7. The number of cyclic esters (lactones) is 1. The van der Waals surface area contributed by atoms with Gasteiger partial charge in [0.05, 0.1) is 52.1 Å². The number of esters is 2. The number of likely N-dealkylation sites (N-methyl/N-ethyl adjacent to an activating group) is 1. The Labute approximate surface area is 426 Å². The molecule has 1 aliphatic carbocycles. The van der Waals surface area contributed by atoms with Gasteiger partial charge in [0.25, 0.3) is 0 Å². The van der Waals surface area contributed by atoms with Crippen molar-refractivity contribution in [2.45, 2.75) is 167 Å². The van der Waals surface area contributed by atoms with Gasteiger partial charge in [-0.15, -0.1) is 0 Å². The number of hydrogen-bond donors (Lipinski definition) is 4. The lowest BCUT2D eigenvalue weighted by atomic mass is 9.73. The van der Waals surface area contributed by atoms with E-state index in [2.05, 4.69) is 15.8 Å². The molecule has 4 N–H and O–H groups in total. The molecule has 72 heavy (non-hydrogen) atoms. The molecule has 2 aromatic rings. The Bertz CT molecular complexity index is 2360. The van der Waals surface area contributed by atoms with Crippen molar-refractivity contribution in [1.29, 1.82) is 0 Å². The number of rotatable bonds is 17. The second-order valence-electron chi connectivity index (χ2n) is 20.7. The summed E-state index contributed by atoms with van der Waals surface area (Å²) in [6.45, 7) is 15.5. The maximum atomic E-state index is 14.5. The number of aromatic nitrogens is 1. The summed E-state index contributed by atoms with van der Waals surface area (Å²) in [5, 5.41) is 33.1. The molecule has 4 fully saturated rings. The van der Waals surface area contributed by atoms with E-state index in [-0.39, 0.29) is 54.9 Å². The van der Waals surface area contributed by atoms with E-state index in [4.69, 9.17) is 49.6 Å². The molecule has 0 radical (unpaired) electrons. The lowest BCUT2D eigenvalue weighted by molar-refractivity contribution is -0.301. The van der Waals surface area contributed by atoms with Crippen molar-refractivity contribution in [3.05, 3.63) is 39.1 Å². The molecule has 1 saturated carbocycles. The smallest absolute Gasteiger partial charge is 0.477 e. The minimum absolute atomic E-state index is 0.0793. The van der Waals surface area contributed by atoms with Crippen molar-refractivity contribution >= 4 is 58.0 Å². The van der Waals surface area contributed by atoms with Gasteiger partial charge in [0.1, 0.15) is 31.0 Å². The van der Waals surface area contributed by atoms with E-state index < -0.39 is 101 Å². The third-order valence-electron chi connectivity index (χ3n) is 15.1. The van der Waals surface area contributed by atoms with Gasteiger partial charge in [-0.25, -0.2) is 9.59 Å². The number of benzene rings is 1. The van der Waals surface area contributed by atoms with Gasteiger partial charge in [-0.3, -0.25) is 14.4 Å². The fraction of sp³-hybridized carbons (Fsp3) is 0.725. The van der Waals surface area contributed by atoms with Crippen LogP contribution in [0.1, 0.15) is 117 Å². The van der Waals surface area contributed by atoms with Gasteiger partial charge >= 0.3 is 24.1 Å². The molecule has 0 amide bonds. The van der Waals surface area contributed by atoms with Crippen LogP contribution in [0.25, 0.3) is 10.9 Å². The van der Waals surface area contributed by atoms with Gasteiger partial charge in [-0.1, -0.05) is 44.5 Å². The third-order valence-corrected chi connectivity index (χ3v) is 15.4. The molecule has 402 valence electrons. The van der Waals surface area contributed by atoms with E-state index in [1.165, 1.54) is 20.4 Å². The number of carbonyl (C=O) groups is 4. The fourth-order valence-corrected chi connectivity index (χ4v) is 11.2. The maximum absolute atomic E-state index is 14.5. The predicted octanol–water partition coefficient (Wildman–Crippen LogP) is 6.16. The number of aromatic carboxylic acids is 1. The highest BCUT2D eigenvalue weighted by Gasteiger charge is 2.59. The molecular weight excluding hydrogens is 958 g/mol. The second-order valence-corrected chi connectivity index (χ2v) is 21.1. The van der Waals surface area contributed by atoms with Crippen LogP contribution in [0.4, 0.5) is 10.5 Å². The van der Waals surface area contributed by atoms with Crippen LogP contribution in [0.15, 0.2) is 28.3 Å². The number of methoxy groups -OCH3 is 1. The Morgan fingerprint density at radius 2 is 1.72 bits per heavy atom. The summed E-state index contributed by atoms with van der Waals surface area (Å²) < 4.78 is 45.7. The molecule has 3 saturated heterocycles. The number of fused-ring (bicyclic) bond motifs is 2. The standard InChI is InChI=1S/C51H76ClN5O15/c1-13-38-51(8)45(71-49(64)72-51)28(4)40(55-66-12)26(2)24-50(7,65-11)44(70-48-42(60)37(56(9)10)21-27(3)67-48)29(5)43(30(6)47(63)68-38)69-39(58)17-20-53-18-14-19-54-35-22-32-36(23-34(35)52)57(31-15-16-31)25-33(41(32)59)46(61)62/h22-23,25-31,37-38,42-45,48,53-54,60H,13-21,24H2,1-12H3,(H,61,62)/b55-40+/t26-,27-,28+,29+,30-,37+,38-,42-,43+,44-,45-,48+,50-,51-/m1/s1. The lowest BCUT2D eigenvalue weighted by Gasteiger charge is -2.48. The Morgan fingerprint density at radius 1 is 1.01 bits per heavy atom. The van der Waals surface area contributed by atoms with Gasteiger partial charge in [0, 0.05) is 61.6 Å². The minimum Gasteiger partial charge on any atom is -0.477 e. The number of carboxylic acids is 1. The minimum atomic E-state index is -1.45. The van der Waals surface area contributed by atoms with E-state index >= 15 is 0 Å². The van der Waals surface area contributed by atoms with Crippen LogP contribution in [-0.4, -0.2) is 158 Å². The SMILES string of the molecule is CC[C@H]1OC(=O)[C@H](C)[C@@H](OC(=O)CCNCCCNc2cc3c(=O)c(C(=O)O)cn(C4CC4)c3cc2Cl)[C@H](C)[C@@H](O[C@@H]2O[C@H](C)C[C@H](N(C)C)[C@H]2O)[C@](C)(OC)C[C@@H](C)/C(=N\OC)[C@H](C)[C@H]2OC(=O)O[C@@]21C. The number of hydrogen-bond acceptors (Lipinski definition) is 18. The highest BCUT2D eigenvalue weighted by Crippen LogP contribution is 2.44. The molecular formula is C51H76ClN5O15. The summed E-state index contributed by atoms with van der Waals surface area (Å²) in [4.78, 5) is 73.9. The maximum Gasteiger partial charge on any atom is 0.509 e. The van der Waals surface area contributed by atoms with Gasteiger partial charge in [0.15, 0.2) is 18.0 Å². The van der Waals surface area contributed by atoms with E-state index in [1.807, 2.05) is 51.3 Å². The topological polar surface area (TPSA) is 244 Å². The zero-order valence-corrected chi connectivity index (χ0v) is 44.5. The first kappa shape index (κ1) is 56.7. The monoisotopic (exact) mass is 1030 g/mol. The Morgan fingerprint density at radius 3 is 2.35 bits per heavy atom. The van der Waals surface area contributed by atoms with Crippen LogP contribution in [-0.2, 0) is 47.6 Å². The zero-order chi connectivity index (χ0) is 53.0. The number of aliphatic hydroxyl groups excluding tert-OH is 1. The average Bonchev–Trinajstić information content (AvgIpc) is 4.12. The van der Waals surface area contributed by atoms with E-state index in [9.17, 15) is 34.2 Å². The summed E-state index contributed by atoms with van der Waals surface area (Å²) in [6.07, 6.45) is -2.91. The van der Waals surface area contributed by atoms with Crippen LogP contribution >= 0.6 is 11.6 Å². The van der Waals surface area contributed by atoms with Gasteiger partial charge < -0.3 is 68.3 Å². The summed E-state index contributed by atoms with van der Waals surface area (Å²) in [5.74, 6) is -5.56. The van der Waals surface area contributed by atoms with Gasteiger partial charge in [-0.05, 0) is 99.0 Å². The average molecular weight is 1030 g/mol. The number of pyridine rings is 1. The number of ether oxygens (including phenoxy) is 7. The number of anilines is 1. The molecule has 3 aliphatic heterocycles. The number of aliphatic hydroxyl groups is 1. The van der Waals surface area contributed by atoms with Crippen molar-refractivity contribution in [3.63, 3.8) is 0 Å². The first-order chi connectivity index (χ1) is 34.0. The number of halogens is 1. The summed E-state index contributed by atoms with van der Waals surface area (Å²) in [7, 11) is 6.70. The molecule has 0 spiro atoms. The molecule has 1 aromatic heterocycles. The predicted molar refractivity (Wildman–Crippen MR) is 267 cm³/mol. The molecule has 0 bridgehead atoms. The molecule has 4 heterocycles. The highest BCUT2D eigenvalue weighted by atomic mass is 35.5. The lowest BCUT2D eigenvalue weighted by Crippen LogP contribution is -2.60. The van der Waals surface area contributed by atoms with Crippen molar-refractivity contribution < 1.29 is 67.4 Å². The zero-order valence-electron chi connectivity index (χ0n) is 43.7. The van der Waals surface area contributed by atoms with E-state index in [0.29, 0.717) is 47.9 Å². The number of oxime groups is 1. The van der Waals surface area contributed by atoms with Crippen LogP contribution in [0, 0.1) is 23.7 Å². The second kappa shape index (κ2) is 23.7. The van der Waals surface area contributed by atoms with Crippen molar-refractivity contribution in [2.24, 2.45) is 28.8 Å². The van der Waals surface area contributed by atoms with E-state index in [1.54, 1.807) is 39.8 Å². The summed E-state index contributed by atoms with van der Waals surface area (Å²) in [5.41, 5.74) is -1.97. The van der Waals surface area contributed by atoms with Crippen molar-refractivity contribution in [1.82, 2.24) is 14.8 Å². The van der Waals surface area contributed by atoms with E-state index in [0.717, 1.165) is 12.8 Å². The molecule has 4 aliphatic rings. The molecule has 1 aromatic carbocycles. The largest absolute Gasteiger partial charge is 0.509 e. The van der Waals surface area contributed by atoms with Crippen LogP contribution in [0.3, 0.4) is 0 Å². The van der Waals surface area contributed by atoms with Crippen molar-refractivity contribution in [2.75, 3.05) is 53.3 Å². The van der Waals surface area contributed by atoms with Crippen LogP contribution in [0.5, 0.6) is 0 Å². The molecule has 0 unspecified atom stereocenters. The van der Waals surface area contributed by atoms with Crippen LogP contribution < -0.4 is 16.1 Å². The fourth-order valence-electron chi connectivity index (χ4n) is 11.0. The molecule has 14 atom stereocenters. The Balaban J connectivity index is 1.23. The highest BCUT2D eigenvalue weighted by molar-refractivity contribution is 6.34. The number of carboxylic acid groups (broad SMARTS) is 1. The van der Waals surface area contributed by atoms with Crippen molar-refractivity contribution in [3.8, 4) is 0 Å². The molecule has 6 rings (SSSR count). The quantitative estimate of drug-likeness (QED) is 0.0600. The first-order valence-corrected chi connectivity index (χ1v) is 25.5. The number of nitrogens with zero attached hydrogens (tertiary/aromatic N) is 3. The van der Waals surface area contributed by atoms with Gasteiger partial charge in [0.2, 0.25) is 5.43 Å². The summed E-state index contributed by atoms with van der Waals surface area (Å²) >= 11 is 6.66. The molecule has 21 heteroatoms. The van der Waals surface area contributed by atoms with Gasteiger partial charge in [-0.2, -0.15) is 0 Å². The van der Waals surface area contributed by atoms with Crippen LogP contribution in [0.2, 0.25) is 5.02 Å². The summed E-state index contributed by atoms with van der Waals surface area (Å²) in [6, 6.07) is 3.08. The normalized spacial score (nSPS) is 34.2. The number of nitrogens with one attached hydrogen (secondary N) is 2. The number of carbonyl (C=O) groups excluding carboxylic acids is 3. The molecule has 20 nitrogen and oxygen atoms in total. The Hall–Kier alpha value is -4.57.